The van der Waals surface area contributed by atoms with E-state index in [-0.39, 0.29) is 13.0 Å². The topological polar surface area (TPSA) is 52.3 Å². The Morgan fingerprint density at radius 1 is 1.42 bits per heavy atom. The van der Waals surface area contributed by atoms with Crippen molar-refractivity contribution in [2.45, 2.75) is 32.5 Å². The largest absolute Gasteiger partial charge is 0.465 e. The van der Waals surface area contributed by atoms with Gasteiger partial charge in [-0.2, -0.15) is 13.2 Å². The van der Waals surface area contributed by atoms with E-state index in [1.165, 1.54) is 6.07 Å². The van der Waals surface area contributed by atoms with Crippen molar-refractivity contribution in [1.82, 2.24) is 0 Å². The zero-order chi connectivity index (χ0) is 14.6. The van der Waals surface area contributed by atoms with Gasteiger partial charge >= 0.3 is 12.1 Å². The van der Waals surface area contributed by atoms with E-state index in [9.17, 15) is 18.0 Å². The number of hydrogen-bond acceptors (Lipinski definition) is 3. The first-order valence-corrected chi connectivity index (χ1v) is 5.84. The summed E-state index contributed by atoms with van der Waals surface area (Å²) in [6, 6.07) is 2.45. The maximum atomic E-state index is 12.6. The molecular weight excluding hydrogens is 259 g/mol. The van der Waals surface area contributed by atoms with Crippen molar-refractivity contribution < 1.29 is 22.7 Å². The van der Waals surface area contributed by atoms with Gasteiger partial charge in [0.15, 0.2) is 0 Å². The van der Waals surface area contributed by atoms with Crippen LogP contribution < -0.4 is 5.73 Å². The van der Waals surface area contributed by atoms with Crippen LogP contribution in [0.4, 0.5) is 13.2 Å². The Hall–Kier alpha value is -1.56. The highest BCUT2D eigenvalue weighted by Gasteiger charge is 2.31. The molecule has 1 aromatic rings. The quantitative estimate of drug-likeness (QED) is 0.859. The van der Waals surface area contributed by atoms with Crippen molar-refractivity contribution in [2.24, 2.45) is 5.73 Å². The first kappa shape index (κ1) is 15.5. The molecule has 6 heteroatoms. The third-order valence-corrected chi connectivity index (χ3v) is 2.71. The Bertz CT molecular complexity index is 458. The van der Waals surface area contributed by atoms with Gasteiger partial charge in [0.1, 0.15) is 6.04 Å². The minimum absolute atomic E-state index is 0.0224. The van der Waals surface area contributed by atoms with Gasteiger partial charge in [0.2, 0.25) is 0 Å². The predicted molar refractivity (Wildman–Crippen MR) is 64.5 cm³/mol. The van der Waals surface area contributed by atoms with E-state index < -0.39 is 23.8 Å². The average molecular weight is 275 g/mol. The molecule has 1 unspecified atom stereocenters. The van der Waals surface area contributed by atoms with Gasteiger partial charge in [-0.25, -0.2) is 0 Å². The lowest BCUT2D eigenvalue weighted by Crippen LogP contribution is -2.34. The number of hydrogen-bond donors (Lipinski definition) is 1. The normalized spacial score (nSPS) is 13.2. The van der Waals surface area contributed by atoms with Crippen LogP contribution in [0.1, 0.15) is 23.6 Å². The fourth-order valence-corrected chi connectivity index (χ4v) is 1.64. The minimum atomic E-state index is -4.41. The second-order valence-electron chi connectivity index (χ2n) is 4.20. The molecule has 0 spiro atoms. The standard InChI is InChI=1S/C13H16F3NO2/c1-3-19-12(18)11(17)7-9-6-10(13(14,15)16)5-4-8(9)2/h4-6,11H,3,7,17H2,1-2H3. The Kier molecular flexibility index (Phi) is 4.94. The average Bonchev–Trinajstić information content (AvgIpc) is 2.30. The van der Waals surface area contributed by atoms with Crippen LogP contribution in [0.15, 0.2) is 18.2 Å². The smallest absolute Gasteiger partial charge is 0.416 e. The van der Waals surface area contributed by atoms with E-state index in [0.717, 1.165) is 12.1 Å². The maximum absolute atomic E-state index is 12.6. The lowest BCUT2D eigenvalue weighted by molar-refractivity contribution is -0.144. The van der Waals surface area contributed by atoms with Crippen molar-refractivity contribution in [1.29, 1.82) is 0 Å². The summed E-state index contributed by atoms with van der Waals surface area (Å²) in [6.07, 6.45) is -4.38. The van der Waals surface area contributed by atoms with Crippen LogP contribution in [-0.2, 0) is 22.1 Å². The van der Waals surface area contributed by atoms with E-state index >= 15 is 0 Å². The third-order valence-electron chi connectivity index (χ3n) is 2.71. The number of alkyl halides is 3. The Labute approximate surface area is 109 Å². The molecule has 0 aliphatic heterocycles. The Morgan fingerprint density at radius 2 is 2.05 bits per heavy atom. The summed E-state index contributed by atoms with van der Waals surface area (Å²) in [7, 11) is 0. The third kappa shape index (κ3) is 4.24. The molecule has 0 aromatic heterocycles. The fraction of sp³-hybridized carbons (Fsp3) is 0.462. The van der Waals surface area contributed by atoms with Crippen LogP contribution in [0.3, 0.4) is 0 Å². The summed E-state index contributed by atoms with van der Waals surface area (Å²) in [5, 5.41) is 0. The molecule has 0 aliphatic carbocycles. The zero-order valence-electron chi connectivity index (χ0n) is 10.8. The summed E-state index contributed by atoms with van der Waals surface area (Å²) in [5.74, 6) is -0.612. The molecule has 2 N–H and O–H groups in total. The number of carbonyl (C=O) groups is 1. The second-order valence-corrected chi connectivity index (χ2v) is 4.20. The number of aryl methyl sites for hydroxylation is 1. The van der Waals surface area contributed by atoms with Gasteiger partial charge in [0.05, 0.1) is 12.2 Å². The highest BCUT2D eigenvalue weighted by atomic mass is 19.4. The molecule has 106 valence electrons. The molecule has 1 aromatic carbocycles. The van der Waals surface area contributed by atoms with Crippen LogP contribution in [0.2, 0.25) is 0 Å². The van der Waals surface area contributed by atoms with Gasteiger partial charge in [-0.3, -0.25) is 4.79 Å². The van der Waals surface area contributed by atoms with Crippen LogP contribution in [0, 0.1) is 6.92 Å². The molecule has 0 saturated heterocycles. The number of esters is 1. The molecule has 0 aliphatic rings. The number of ether oxygens (including phenoxy) is 1. The minimum Gasteiger partial charge on any atom is -0.465 e. The molecule has 1 atom stereocenters. The number of rotatable bonds is 4. The van der Waals surface area contributed by atoms with Crippen LogP contribution in [-0.4, -0.2) is 18.6 Å². The molecule has 1 rings (SSSR count). The van der Waals surface area contributed by atoms with Crippen molar-refractivity contribution >= 4 is 5.97 Å². The van der Waals surface area contributed by atoms with Gasteiger partial charge in [-0.15, -0.1) is 0 Å². The van der Waals surface area contributed by atoms with Gasteiger partial charge in [0.25, 0.3) is 0 Å². The van der Waals surface area contributed by atoms with Crippen molar-refractivity contribution in [3.63, 3.8) is 0 Å². The van der Waals surface area contributed by atoms with E-state index in [1.54, 1.807) is 13.8 Å². The maximum Gasteiger partial charge on any atom is 0.416 e. The molecule has 0 amide bonds. The molecule has 0 bridgehead atoms. The number of nitrogens with two attached hydrogens (primary N) is 1. The van der Waals surface area contributed by atoms with Crippen molar-refractivity contribution in [3.8, 4) is 0 Å². The van der Waals surface area contributed by atoms with E-state index in [1.807, 2.05) is 0 Å². The molecule has 0 fully saturated rings. The van der Waals surface area contributed by atoms with E-state index in [4.69, 9.17) is 10.5 Å². The van der Waals surface area contributed by atoms with Gasteiger partial charge in [-0.1, -0.05) is 6.07 Å². The van der Waals surface area contributed by atoms with Gasteiger partial charge < -0.3 is 10.5 Å². The predicted octanol–water partition coefficient (Wildman–Crippen LogP) is 2.45. The molecule has 0 heterocycles. The lowest BCUT2D eigenvalue weighted by atomic mass is 9.99. The summed E-state index contributed by atoms with van der Waals surface area (Å²) in [4.78, 5) is 11.4. The van der Waals surface area contributed by atoms with Crippen LogP contribution >= 0.6 is 0 Å². The molecule has 0 radical (unpaired) electrons. The van der Waals surface area contributed by atoms with Crippen LogP contribution in [0.25, 0.3) is 0 Å². The lowest BCUT2D eigenvalue weighted by Gasteiger charge is -2.14. The second kappa shape index (κ2) is 6.06. The van der Waals surface area contributed by atoms with Crippen LogP contribution in [0.5, 0.6) is 0 Å². The van der Waals surface area contributed by atoms with Gasteiger partial charge in [-0.05, 0) is 43.5 Å². The number of halogens is 3. The Balaban J connectivity index is 2.91. The molecular formula is C13H16F3NO2. The summed E-state index contributed by atoms with van der Waals surface area (Å²) in [6.45, 7) is 3.50. The number of carbonyl (C=O) groups excluding carboxylic acids is 1. The van der Waals surface area contributed by atoms with Crippen molar-refractivity contribution in [3.05, 3.63) is 34.9 Å². The number of benzene rings is 1. The molecule has 19 heavy (non-hydrogen) atoms. The van der Waals surface area contributed by atoms with E-state index in [2.05, 4.69) is 0 Å². The highest BCUT2D eigenvalue weighted by Crippen LogP contribution is 2.30. The highest BCUT2D eigenvalue weighted by molar-refractivity contribution is 5.75. The SMILES string of the molecule is CCOC(=O)C(N)Cc1cc(C(F)(F)F)ccc1C. The monoisotopic (exact) mass is 275 g/mol. The molecule has 3 nitrogen and oxygen atoms in total. The Morgan fingerprint density at radius 3 is 2.58 bits per heavy atom. The molecule has 0 saturated carbocycles. The summed E-state index contributed by atoms with van der Waals surface area (Å²) >= 11 is 0. The first-order chi connectivity index (χ1) is 8.75. The summed E-state index contributed by atoms with van der Waals surface area (Å²) in [5.41, 5.74) is 5.92. The van der Waals surface area contributed by atoms with Crippen molar-refractivity contribution in [2.75, 3.05) is 6.61 Å². The first-order valence-electron chi connectivity index (χ1n) is 5.84. The van der Waals surface area contributed by atoms with Gasteiger partial charge in [0, 0.05) is 0 Å². The zero-order valence-corrected chi connectivity index (χ0v) is 10.8. The summed E-state index contributed by atoms with van der Waals surface area (Å²) < 4.78 is 42.5. The fourth-order valence-electron chi connectivity index (χ4n) is 1.64. The van der Waals surface area contributed by atoms with E-state index in [0.29, 0.717) is 11.1 Å².